The van der Waals surface area contributed by atoms with Crippen LogP contribution >= 0.6 is 0 Å². The molecule has 1 atom stereocenters. The maximum Gasteiger partial charge on any atom is 0.291 e. The number of aromatic amines is 1. The van der Waals surface area contributed by atoms with E-state index < -0.39 is 0 Å². The number of nitrogens with one attached hydrogen (secondary N) is 3. The number of phenols is 1. The van der Waals surface area contributed by atoms with E-state index in [4.69, 9.17) is 5.26 Å². The predicted octanol–water partition coefficient (Wildman–Crippen LogP) is 1.14. The van der Waals surface area contributed by atoms with Crippen LogP contribution in [0.2, 0.25) is 0 Å². The van der Waals surface area contributed by atoms with Gasteiger partial charge in [0, 0.05) is 49.9 Å². The Balaban J connectivity index is 1.18. The molecular formula is C24H30FN9O2. The van der Waals surface area contributed by atoms with Crippen LogP contribution in [-0.4, -0.2) is 75.6 Å². The van der Waals surface area contributed by atoms with Crippen molar-refractivity contribution in [3.8, 4) is 11.9 Å². The van der Waals surface area contributed by atoms with Crippen LogP contribution < -0.4 is 21.1 Å². The molecule has 190 valence electrons. The molecule has 12 heteroatoms. The summed E-state index contributed by atoms with van der Waals surface area (Å²) in [6.07, 6.45) is 3.83. The first-order chi connectivity index (χ1) is 17.4. The lowest BCUT2D eigenvalue weighted by atomic mass is 9.99. The summed E-state index contributed by atoms with van der Waals surface area (Å²) < 4.78 is 14.1. The van der Waals surface area contributed by atoms with E-state index in [1.165, 1.54) is 6.07 Å². The minimum atomic E-state index is -0.368. The Morgan fingerprint density at radius 3 is 2.81 bits per heavy atom. The number of aliphatic imine (C=N–C) groups is 1. The number of phenolic OH excluding ortho intramolecular Hbond substituents is 1. The van der Waals surface area contributed by atoms with Crippen LogP contribution in [0.5, 0.6) is 5.75 Å². The molecular weight excluding hydrogens is 465 g/mol. The fourth-order valence-corrected chi connectivity index (χ4v) is 5.36. The predicted molar refractivity (Wildman–Crippen MR) is 133 cm³/mol. The van der Waals surface area contributed by atoms with Gasteiger partial charge in [0.15, 0.2) is 17.8 Å². The molecule has 11 nitrogen and oxygen atoms in total. The van der Waals surface area contributed by atoms with Crippen LogP contribution in [0.3, 0.4) is 0 Å². The van der Waals surface area contributed by atoms with E-state index in [1.807, 2.05) is 11.1 Å². The lowest BCUT2D eigenvalue weighted by molar-refractivity contribution is 0.0686. The summed E-state index contributed by atoms with van der Waals surface area (Å²) in [7, 11) is 0. The van der Waals surface area contributed by atoms with Gasteiger partial charge in [0.25, 0.3) is 5.56 Å². The molecule has 0 bridgehead atoms. The second-order valence-electron chi connectivity index (χ2n) is 9.56. The standard InChI is InChI=1S/C24H30FN9O2/c1-15-12-33(22-23(36)29-20-11-27-24(28-14-26)31-21(20)30-22)8-9-34(15)17-4-6-32(7-5-17)13-16-2-3-18(35)10-19(16)25/h2-3,10,15,17,35H,4-9,11-13H2,1H3,(H,29,36)(H2,27,28,30,31). The molecule has 1 aromatic heterocycles. The maximum atomic E-state index is 14.1. The van der Waals surface area contributed by atoms with E-state index in [2.05, 4.69) is 42.3 Å². The number of nitriles is 1. The highest BCUT2D eigenvalue weighted by Gasteiger charge is 2.33. The van der Waals surface area contributed by atoms with Gasteiger partial charge in [-0.1, -0.05) is 6.07 Å². The van der Waals surface area contributed by atoms with Gasteiger partial charge in [0.05, 0.1) is 12.2 Å². The lowest BCUT2D eigenvalue weighted by Crippen LogP contribution is -2.58. The number of benzene rings is 1. The number of rotatable bonds is 4. The van der Waals surface area contributed by atoms with Crippen LogP contribution in [0, 0.1) is 17.3 Å². The van der Waals surface area contributed by atoms with Gasteiger partial charge in [-0.2, -0.15) is 5.26 Å². The molecule has 1 unspecified atom stereocenters. The number of halogens is 1. The number of guanidine groups is 1. The molecule has 3 aliphatic rings. The third-order valence-corrected chi connectivity index (χ3v) is 7.21. The molecule has 0 spiro atoms. The Morgan fingerprint density at radius 2 is 2.08 bits per heavy atom. The Hall–Kier alpha value is -3.69. The van der Waals surface area contributed by atoms with Crippen molar-refractivity contribution < 1.29 is 9.50 Å². The smallest absolute Gasteiger partial charge is 0.291 e. The summed E-state index contributed by atoms with van der Waals surface area (Å²) in [6, 6.07) is 5.03. The van der Waals surface area contributed by atoms with Gasteiger partial charge in [0.2, 0.25) is 5.96 Å². The van der Waals surface area contributed by atoms with Crippen molar-refractivity contribution in [1.82, 2.24) is 25.1 Å². The topological polar surface area (TPSA) is 136 Å². The number of aromatic hydroxyl groups is 1. The molecule has 2 aromatic rings. The molecule has 4 heterocycles. The number of piperidine rings is 1. The van der Waals surface area contributed by atoms with Gasteiger partial charge in [-0.15, -0.1) is 0 Å². The molecule has 36 heavy (non-hydrogen) atoms. The molecule has 0 aliphatic carbocycles. The van der Waals surface area contributed by atoms with Crippen molar-refractivity contribution in [2.24, 2.45) is 4.99 Å². The first-order valence-electron chi connectivity index (χ1n) is 12.2. The Labute approximate surface area is 208 Å². The fourth-order valence-electron chi connectivity index (χ4n) is 5.36. The number of nitrogens with zero attached hydrogens (tertiary/aromatic N) is 6. The Morgan fingerprint density at radius 1 is 1.28 bits per heavy atom. The molecule has 0 radical (unpaired) electrons. The second-order valence-corrected chi connectivity index (χ2v) is 9.56. The molecule has 1 aromatic carbocycles. The van der Waals surface area contributed by atoms with Crippen LogP contribution in [0.25, 0.3) is 0 Å². The summed E-state index contributed by atoms with van der Waals surface area (Å²) in [6.45, 7) is 6.94. The summed E-state index contributed by atoms with van der Waals surface area (Å²) in [5, 5.41) is 23.7. The van der Waals surface area contributed by atoms with E-state index in [0.29, 0.717) is 54.5 Å². The normalized spacial score (nSPS) is 21.3. The quantitative estimate of drug-likeness (QED) is 0.364. The number of fused-ring (bicyclic) bond motifs is 1. The van der Waals surface area contributed by atoms with Gasteiger partial charge in [0.1, 0.15) is 11.6 Å². The van der Waals surface area contributed by atoms with Gasteiger partial charge >= 0.3 is 0 Å². The van der Waals surface area contributed by atoms with Crippen molar-refractivity contribution in [2.75, 3.05) is 42.9 Å². The number of H-pyrrole nitrogens is 1. The fraction of sp³-hybridized carbons (Fsp3) is 0.500. The monoisotopic (exact) mass is 495 g/mol. The van der Waals surface area contributed by atoms with Crippen LogP contribution in [0.4, 0.5) is 16.0 Å². The molecule has 0 amide bonds. The maximum absolute atomic E-state index is 14.1. The number of aromatic nitrogens is 2. The van der Waals surface area contributed by atoms with Crippen molar-refractivity contribution in [2.45, 2.75) is 44.9 Å². The third kappa shape index (κ3) is 4.98. The van der Waals surface area contributed by atoms with E-state index in [1.54, 1.807) is 6.07 Å². The minimum Gasteiger partial charge on any atom is -0.508 e. The minimum absolute atomic E-state index is 0.0541. The SMILES string of the molecule is CC1CN(c2nc3c([nH]c2=O)CN=C(NC#N)N3)CCN1C1CCN(Cc2ccc(O)cc2F)CC1. The summed E-state index contributed by atoms with van der Waals surface area (Å²) >= 11 is 0. The zero-order valence-electron chi connectivity index (χ0n) is 20.2. The van der Waals surface area contributed by atoms with Crippen molar-refractivity contribution in [1.29, 1.82) is 5.26 Å². The van der Waals surface area contributed by atoms with E-state index in [0.717, 1.165) is 38.5 Å². The van der Waals surface area contributed by atoms with Crippen molar-refractivity contribution in [3.63, 3.8) is 0 Å². The zero-order valence-corrected chi connectivity index (χ0v) is 20.2. The average Bonchev–Trinajstić information content (AvgIpc) is 2.86. The average molecular weight is 496 g/mol. The third-order valence-electron chi connectivity index (χ3n) is 7.21. The number of piperazine rings is 1. The van der Waals surface area contributed by atoms with E-state index >= 15 is 0 Å². The molecule has 2 fully saturated rings. The second kappa shape index (κ2) is 10.1. The van der Waals surface area contributed by atoms with Gasteiger partial charge in [-0.3, -0.25) is 19.9 Å². The van der Waals surface area contributed by atoms with Crippen molar-refractivity contribution >= 4 is 17.6 Å². The molecule has 2 saturated heterocycles. The van der Waals surface area contributed by atoms with Gasteiger partial charge in [-0.05, 0) is 38.9 Å². The van der Waals surface area contributed by atoms with Crippen LogP contribution in [0.15, 0.2) is 28.0 Å². The number of hydrogen-bond donors (Lipinski definition) is 4. The highest BCUT2D eigenvalue weighted by molar-refractivity contribution is 5.95. The molecule has 5 rings (SSSR count). The van der Waals surface area contributed by atoms with Crippen LogP contribution in [-0.2, 0) is 13.1 Å². The zero-order chi connectivity index (χ0) is 25.2. The number of anilines is 2. The highest BCUT2D eigenvalue weighted by Crippen LogP contribution is 2.26. The highest BCUT2D eigenvalue weighted by atomic mass is 19.1. The van der Waals surface area contributed by atoms with E-state index in [-0.39, 0.29) is 29.7 Å². The Bertz CT molecular complexity index is 1250. The molecule has 3 aliphatic heterocycles. The van der Waals surface area contributed by atoms with Crippen LogP contribution in [0.1, 0.15) is 31.0 Å². The van der Waals surface area contributed by atoms with Gasteiger partial charge in [-0.25, -0.2) is 14.4 Å². The first-order valence-corrected chi connectivity index (χ1v) is 12.2. The lowest BCUT2D eigenvalue weighted by Gasteiger charge is -2.46. The summed E-state index contributed by atoms with van der Waals surface area (Å²) in [5.41, 5.74) is 0.961. The largest absolute Gasteiger partial charge is 0.508 e. The Kier molecular flexibility index (Phi) is 6.75. The summed E-state index contributed by atoms with van der Waals surface area (Å²) in [4.78, 5) is 31.2. The molecule has 4 N–H and O–H groups in total. The number of likely N-dealkylation sites (tertiary alicyclic amines) is 1. The van der Waals surface area contributed by atoms with Crippen molar-refractivity contribution in [3.05, 3.63) is 45.6 Å². The number of hydrogen-bond acceptors (Lipinski definition) is 10. The van der Waals surface area contributed by atoms with E-state index in [9.17, 15) is 14.3 Å². The first kappa shape index (κ1) is 24.0. The summed E-state index contributed by atoms with van der Waals surface area (Å²) in [5.74, 6) is 0.768. The molecule has 0 saturated carbocycles. The van der Waals surface area contributed by atoms with Gasteiger partial charge < -0.3 is 20.3 Å².